The van der Waals surface area contributed by atoms with Gasteiger partial charge in [-0.2, -0.15) is 0 Å². The molecular formula is C10H13FOS. The quantitative estimate of drug-likeness (QED) is 0.692. The molecule has 0 heterocycles. The highest BCUT2D eigenvalue weighted by Crippen LogP contribution is 2.23. The Morgan fingerprint density at radius 3 is 2.54 bits per heavy atom. The van der Waals surface area contributed by atoms with E-state index in [0.29, 0.717) is 10.6 Å². The fourth-order valence-electron chi connectivity index (χ4n) is 0.993. The normalized spacial score (nSPS) is 10.5. The number of ether oxygens (including phenoxy) is 1. The van der Waals surface area contributed by atoms with E-state index in [4.69, 9.17) is 4.74 Å². The van der Waals surface area contributed by atoms with Crippen LogP contribution in [0.2, 0.25) is 0 Å². The highest BCUT2D eigenvalue weighted by molar-refractivity contribution is 7.98. The van der Waals surface area contributed by atoms with Crippen molar-refractivity contribution in [1.82, 2.24) is 0 Å². The summed E-state index contributed by atoms with van der Waals surface area (Å²) in [4.78, 5) is 0.649. The van der Waals surface area contributed by atoms with Crippen LogP contribution in [0.3, 0.4) is 0 Å². The standard InChI is InChI=1S/C10H13FOS/c1-7(2)12-8-4-5-10(13-3)9(11)6-8/h4-7H,1-3H3. The number of hydrogen-bond acceptors (Lipinski definition) is 2. The van der Waals surface area contributed by atoms with Gasteiger partial charge in [-0.15, -0.1) is 11.8 Å². The molecule has 72 valence electrons. The Hall–Kier alpha value is -0.700. The Labute approximate surface area is 82.3 Å². The fraction of sp³-hybridized carbons (Fsp3) is 0.400. The van der Waals surface area contributed by atoms with Crippen LogP contribution in [0.25, 0.3) is 0 Å². The molecule has 1 nitrogen and oxygen atoms in total. The SMILES string of the molecule is CSc1ccc(OC(C)C)cc1F. The summed E-state index contributed by atoms with van der Waals surface area (Å²) < 4.78 is 18.5. The van der Waals surface area contributed by atoms with E-state index in [1.165, 1.54) is 17.8 Å². The van der Waals surface area contributed by atoms with Crippen molar-refractivity contribution in [2.24, 2.45) is 0 Å². The Kier molecular flexibility index (Phi) is 3.60. The largest absolute Gasteiger partial charge is 0.491 e. The minimum absolute atomic E-state index is 0.0829. The molecule has 0 amide bonds. The summed E-state index contributed by atoms with van der Waals surface area (Å²) in [6.07, 6.45) is 1.93. The topological polar surface area (TPSA) is 9.23 Å². The van der Waals surface area contributed by atoms with Gasteiger partial charge in [0.25, 0.3) is 0 Å². The van der Waals surface area contributed by atoms with Gasteiger partial charge in [-0.05, 0) is 32.2 Å². The summed E-state index contributed by atoms with van der Waals surface area (Å²) >= 11 is 1.39. The first-order valence-electron chi connectivity index (χ1n) is 4.13. The number of rotatable bonds is 3. The summed E-state index contributed by atoms with van der Waals surface area (Å²) in [6, 6.07) is 4.94. The molecule has 0 radical (unpaired) electrons. The van der Waals surface area contributed by atoms with E-state index in [9.17, 15) is 4.39 Å². The van der Waals surface area contributed by atoms with Gasteiger partial charge < -0.3 is 4.74 Å². The molecule has 0 spiro atoms. The van der Waals surface area contributed by atoms with Crippen molar-refractivity contribution in [3.05, 3.63) is 24.0 Å². The van der Waals surface area contributed by atoms with Crippen molar-refractivity contribution in [1.29, 1.82) is 0 Å². The van der Waals surface area contributed by atoms with Crippen LogP contribution in [-0.4, -0.2) is 12.4 Å². The monoisotopic (exact) mass is 200 g/mol. The van der Waals surface area contributed by atoms with Crippen molar-refractivity contribution in [2.45, 2.75) is 24.8 Å². The summed E-state index contributed by atoms with van der Waals surface area (Å²) in [6.45, 7) is 3.83. The third-order valence-electron chi connectivity index (χ3n) is 1.50. The van der Waals surface area contributed by atoms with Crippen molar-refractivity contribution < 1.29 is 9.13 Å². The molecule has 0 atom stereocenters. The van der Waals surface area contributed by atoms with Gasteiger partial charge in [-0.3, -0.25) is 0 Å². The number of hydrogen-bond donors (Lipinski definition) is 0. The molecule has 3 heteroatoms. The highest BCUT2D eigenvalue weighted by atomic mass is 32.2. The Morgan fingerprint density at radius 1 is 1.38 bits per heavy atom. The average Bonchev–Trinajstić information content (AvgIpc) is 2.03. The first-order valence-corrected chi connectivity index (χ1v) is 5.36. The molecule has 0 saturated carbocycles. The number of halogens is 1. The molecular weight excluding hydrogens is 187 g/mol. The van der Waals surface area contributed by atoms with Gasteiger partial charge in [0.15, 0.2) is 0 Å². The lowest BCUT2D eigenvalue weighted by molar-refractivity contribution is 0.241. The van der Waals surface area contributed by atoms with E-state index < -0.39 is 0 Å². The van der Waals surface area contributed by atoms with Crippen LogP contribution in [0.15, 0.2) is 23.1 Å². The van der Waals surface area contributed by atoms with Crippen molar-refractivity contribution >= 4 is 11.8 Å². The second kappa shape index (κ2) is 4.51. The average molecular weight is 200 g/mol. The lowest BCUT2D eigenvalue weighted by Gasteiger charge is -2.10. The summed E-state index contributed by atoms with van der Waals surface area (Å²) in [5.41, 5.74) is 0. The third-order valence-corrected chi connectivity index (χ3v) is 2.27. The molecule has 13 heavy (non-hydrogen) atoms. The van der Waals surface area contributed by atoms with Crippen LogP contribution in [0.5, 0.6) is 5.75 Å². The van der Waals surface area contributed by atoms with Crippen LogP contribution in [0.1, 0.15) is 13.8 Å². The fourth-order valence-corrected chi connectivity index (χ4v) is 1.45. The second-order valence-electron chi connectivity index (χ2n) is 2.96. The van der Waals surface area contributed by atoms with E-state index in [1.54, 1.807) is 12.1 Å². The summed E-state index contributed by atoms with van der Waals surface area (Å²) in [5, 5.41) is 0. The number of benzene rings is 1. The van der Waals surface area contributed by atoms with Crippen molar-refractivity contribution in [2.75, 3.05) is 6.26 Å². The molecule has 1 aromatic carbocycles. The Morgan fingerprint density at radius 2 is 2.08 bits per heavy atom. The van der Waals surface area contributed by atoms with Crippen LogP contribution < -0.4 is 4.74 Å². The van der Waals surface area contributed by atoms with E-state index in [2.05, 4.69) is 0 Å². The predicted octanol–water partition coefficient (Wildman–Crippen LogP) is 3.33. The minimum Gasteiger partial charge on any atom is -0.491 e. The Balaban J connectivity index is 2.83. The molecule has 1 aromatic rings. The van der Waals surface area contributed by atoms with Gasteiger partial charge in [0.2, 0.25) is 0 Å². The molecule has 0 aromatic heterocycles. The van der Waals surface area contributed by atoms with Gasteiger partial charge >= 0.3 is 0 Å². The maximum Gasteiger partial charge on any atom is 0.140 e. The summed E-state index contributed by atoms with van der Waals surface area (Å²) in [5.74, 6) is 0.371. The van der Waals surface area contributed by atoms with E-state index >= 15 is 0 Å². The third kappa shape index (κ3) is 2.92. The van der Waals surface area contributed by atoms with Gasteiger partial charge in [-0.25, -0.2) is 4.39 Å². The zero-order valence-corrected chi connectivity index (χ0v) is 8.82. The molecule has 0 bridgehead atoms. The molecule has 0 N–H and O–H groups in total. The smallest absolute Gasteiger partial charge is 0.140 e. The molecule has 0 aliphatic carbocycles. The maximum atomic E-state index is 13.2. The van der Waals surface area contributed by atoms with Crippen LogP contribution >= 0.6 is 11.8 Å². The first kappa shape index (κ1) is 10.4. The van der Waals surface area contributed by atoms with Crippen molar-refractivity contribution in [3.8, 4) is 5.75 Å². The zero-order chi connectivity index (χ0) is 9.84. The summed E-state index contributed by atoms with van der Waals surface area (Å²) in [7, 11) is 0. The molecule has 0 unspecified atom stereocenters. The Bertz CT molecular complexity index is 286. The van der Waals surface area contributed by atoms with Crippen LogP contribution in [0, 0.1) is 5.82 Å². The van der Waals surface area contributed by atoms with E-state index in [-0.39, 0.29) is 11.9 Å². The first-order chi connectivity index (χ1) is 6.13. The zero-order valence-electron chi connectivity index (χ0n) is 8.00. The van der Waals surface area contributed by atoms with E-state index in [1.807, 2.05) is 20.1 Å². The van der Waals surface area contributed by atoms with Gasteiger partial charge in [0.1, 0.15) is 11.6 Å². The van der Waals surface area contributed by atoms with Crippen LogP contribution in [-0.2, 0) is 0 Å². The molecule has 0 aliphatic rings. The predicted molar refractivity (Wildman–Crippen MR) is 53.9 cm³/mol. The number of thioether (sulfide) groups is 1. The van der Waals surface area contributed by atoms with Gasteiger partial charge in [0, 0.05) is 11.0 Å². The van der Waals surface area contributed by atoms with E-state index in [0.717, 1.165) is 0 Å². The lowest BCUT2D eigenvalue weighted by atomic mass is 10.3. The van der Waals surface area contributed by atoms with Gasteiger partial charge in [0.05, 0.1) is 6.10 Å². The maximum absolute atomic E-state index is 13.2. The molecule has 1 rings (SSSR count). The molecule has 0 aliphatic heterocycles. The highest BCUT2D eigenvalue weighted by Gasteiger charge is 2.03. The molecule has 0 saturated heterocycles. The van der Waals surface area contributed by atoms with Crippen molar-refractivity contribution in [3.63, 3.8) is 0 Å². The lowest BCUT2D eigenvalue weighted by Crippen LogP contribution is -2.05. The van der Waals surface area contributed by atoms with Crippen LogP contribution in [0.4, 0.5) is 4.39 Å². The minimum atomic E-state index is -0.217. The van der Waals surface area contributed by atoms with Gasteiger partial charge in [-0.1, -0.05) is 0 Å². The second-order valence-corrected chi connectivity index (χ2v) is 3.81. The molecule has 0 fully saturated rings.